The summed E-state index contributed by atoms with van der Waals surface area (Å²) in [5, 5.41) is 0. The molecule has 0 radical (unpaired) electrons. The van der Waals surface area contributed by atoms with Crippen LogP contribution in [0.5, 0.6) is 17.6 Å². The Kier molecular flexibility index (Phi) is 4.17. The topological polar surface area (TPSA) is 82.5 Å². The summed E-state index contributed by atoms with van der Waals surface area (Å²) in [5.41, 5.74) is 0. The summed E-state index contributed by atoms with van der Waals surface area (Å²) in [6.45, 7) is 1.50. The molecule has 22 heavy (non-hydrogen) atoms. The third kappa shape index (κ3) is 3.16. The molecule has 0 aliphatic carbocycles. The van der Waals surface area contributed by atoms with Crippen molar-refractivity contribution in [3.8, 4) is 17.6 Å². The van der Waals surface area contributed by atoms with Crippen molar-refractivity contribution in [3.63, 3.8) is 0 Å². The number of anilines is 1. The van der Waals surface area contributed by atoms with Gasteiger partial charge in [0, 0.05) is 25.2 Å². The average Bonchev–Trinajstić information content (AvgIpc) is 3.04. The van der Waals surface area contributed by atoms with Crippen molar-refractivity contribution in [1.29, 1.82) is 0 Å². The van der Waals surface area contributed by atoms with E-state index < -0.39 is 0 Å². The SMILES string of the molecule is COc1cnc(OC2CCN(c3nccc(OC)n3)C2)nc1. The minimum atomic E-state index is 0.00296. The molecule has 0 aromatic carbocycles. The van der Waals surface area contributed by atoms with Gasteiger partial charge in [-0.1, -0.05) is 0 Å². The molecule has 1 saturated heterocycles. The number of ether oxygens (including phenoxy) is 3. The van der Waals surface area contributed by atoms with Gasteiger partial charge in [0.1, 0.15) is 6.10 Å². The molecule has 1 unspecified atom stereocenters. The van der Waals surface area contributed by atoms with Crippen LogP contribution >= 0.6 is 0 Å². The van der Waals surface area contributed by atoms with E-state index in [-0.39, 0.29) is 6.10 Å². The van der Waals surface area contributed by atoms with Gasteiger partial charge in [-0.2, -0.15) is 15.0 Å². The maximum Gasteiger partial charge on any atom is 0.316 e. The van der Waals surface area contributed by atoms with Crippen LogP contribution in [0.3, 0.4) is 0 Å². The summed E-state index contributed by atoms with van der Waals surface area (Å²) in [4.78, 5) is 18.9. The first-order valence-corrected chi connectivity index (χ1v) is 6.93. The van der Waals surface area contributed by atoms with Gasteiger partial charge in [-0.25, -0.2) is 4.98 Å². The van der Waals surface area contributed by atoms with Crippen molar-refractivity contribution in [2.45, 2.75) is 12.5 Å². The summed E-state index contributed by atoms with van der Waals surface area (Å²) >= 11 is 0. The van der Waals surface area contributed by atoms with E-state index in [2.05, 4.69) is 24.8 Å². The number of methoxy groups -OCH3 is 2. The van der Waals surface area contributed by atoms with Crippen LogP contribution in [-0.2, 0) is 0 Å². The van der Waals surface area contributed by atoms with E-state index in [1.807, 2.05) is 0 Å². The lowest BCUT2D eigenvalue weighted by Gasteiger charge is -2.16. The van der Waals surface area contributed by atoms with Gasteiger partial charge in [0.05, 0.1) is 33.2 Å². The van der Waals surface area contributed by atoms with Gasteiger partial charge < -0.3 is 19.1 Å². The van der Waals surface area contributed by atoms with E-state index in [0.29, 0.717) is 30.1 Å². The van der Waals surface area contributed by atoms with Gasteiger partial charge in [0.15, 0.2) is 5.75 Å². The second-order valence-electron chi connectivity index (χ2n) is 4.78. The first-order valence-electron chi connectivity index (χ1n) is 6.93. The lowest BCUT2D eigenvalue weighted by molar-refractivity contribution is 0.205. The third-order valence-electron chi connectivity index (χ3n) is 3.37. The van der Waals surface area contributed by atoms with Gasteiger partial charge >= 0.3 is 6.01 Å². The maximum absolute atomic E-state index is 5.78. The molecule has 1 fully saturated rings. The van der Waals surface area contributed by atoms with Crippen molar-refractivity contribution in [1.82, 2.24) is 19.9 Å². The zero-order valence-corrected chi connectivity index (χ0v) is 12.5. The Morgan fingerprint density at radius 2 is 1.95 bits per heavy atom. The molecule has 0 saturated carbocycles. The lowest BCUT2D eigenvalue weighted by atomic mass is 10.3. The summed E-state index contributed by atoms with van der Waals surface area (Å²) in [7, 11) is 3.16. The molecule has 0 bridgehead atoms. The van der Waals surface area contributed by atoms with Crippen molar-refractivity contribution in [2.75, 3.05) is 32.2 Å². The molecular formula is C14H17N5O3. The Hall–Kier alpha value is -2.64. The van der Waals surface area contributed by atoms with E-state index >= 15 is 0 Å². The number of aromatic nitrogens is 4. The monoisotopic (exact) mass is 303 g/mol. The molecule has 0 spiro atoms. The van der Waals surface area contributed by atoms with Crippen LogP contribution in [0.1, 0.15) is 6.42 Å². The van der Waals surface area contributed by atoms with Crippen molar-refractivity contribution in [3.05, 3.63) is 24.7 Å². The van der Waals surface area contributed by atoms with Crippen LogP contribution in [0.25, 0.3) is 0 Å². The average molecular weight is 303 g/mol. The fourth-order valence-corrected chi connectivity index (χ4v) is 2.22. The van der Waals surface area contributed by atoms with Crippen molar-refractivity contribution >= 4 is 5.95 Å². The van der Waals surface area contributed by atoms with Crippen LogP contribution in [0.2, 0.25) is 0 Å². The van der Waals surface area contributed by atoms with E-state index in [0.717, 1.165) is 13.0 Å². The van der Waals surface area contributed by atoms with Crippen LogP contribution in [0.15, 0.2) is 24.7 Å². The van der Waals surface area contributed by atoms with E-state index in [1.165, 1.54) is 0 Å². The Morgan fingerprint density at radius 3 is 2.68 bits per heavy atom. The van der Waals surface area contributed by atoms with Gasteiger partial charge in [-0.3, -0.25) is 0 Å². The van der Waals surface area contributed by atoms with Crippen molar-refractivity contribution in [2.24, 2.45) is 0 Å². The number of hydrogen-bond acceptors (Lipinski definition) is 8. The van der Waals surface area contributed by atoms with Crippen LogP contribution in [0, 0.1) is 0 Å². The van der Waals surface area contributed by atoms with Gasteiger partial charge in [-0.05, 0) is 0 Å². The smallest absolute Gasteiger partial charge is 0.316 e. The van der Waals surface area contributed by atoms with Crippen LogP contribution in [0.4, 0.5) is 5.95 Å². The number of nitrogens with zero attached hydrogens (tertiary/aromatic N) is 5. The molecule has 116 valence electrons. The highest BCUT2D eigenvalue weighted by Crippen LogP contribution is 2.21. The standard InChI is InChI=1S/C14H17N5O3/c1-20-11-7-16-14(17-8-11)22-10-4-6-19(9-10)13-15-5-3-12(18-13)21-2/h3,5,7-8,10H,4,6,9H2,1-2H3. The minimum absolute atomic E-state index is 0.00296. The second-order valence-corrected chi connectivity index (χ2v) is 4.78. The molecule has 1 aliphatic rings. The second kappa shape index (κ2) is 6.42. The first kappa shape index (κ1) is 14.3. The molecule has 3 rings (SSSR count). The Balaban J connectivity index is 1.61. The Bertz CT molecular complexity index is 622. The zero-order chi connectivity index (χ0) is 15.4. The quantitative estimate of drug-likeness (QED) is 0.807. The minimum Gasteiger partial charge on any atom is -0.494 e. The van der Waals surface area contributed by atoms with Crippen LogP contribution in [-0.4, -0.2) is 53.3 Å². The zero-order valence-electron chi connectivity index (χ0n) is 12.5. The molecule has 8 nitrogen and oxygen atoms in total. The van der Waals surface area contributed by atoms with Crippen LogP contribution < -0.4 is 19.1 Å². The maximum atomic E-state index is 5.78. The molecule has 0 amide bonds. The Labute approximate surface area is 128 Å². The van der Waals surface area contributed by atoms with E-state index in [9.17, 15) is 0 Å². The van der Waals surface area contributed by atoms with Crippen molar-refractivity contribution < 1.29 is 14.2 Å². The largest absolute Gasteiger partial charge is 0.494 e. The fourth-order valence-electron chi connectivity index (χ4n) is 2.22. The van der Waals surface area contributed by atoms with E-state index in [1.54, 1.807) is 38.9 Å². The molecule has 3 heterocycles. The van der Waals surface area contributed by atoms with Gasteiger partial charge in [-0.15, -0.1) is 0 Å². The summed E-state index contributed by atoms with van der Waals surface area (Å²) in [6.07, 6.45) is 5.71. The predicted molar refractivity (Wildman–Crippen MR) is 78.4 cm³/mol. The first-order chi connectivity index (χ1) is 10.8. The number of rotatable bonds is 5. The summed E-state index contributed by atoms with van der Waals surface area (Å²) in [5.74, 6) is 1.79. The molecule has 2 aromatic rings. The molecule has 2 aromatic heterocycles. The summed E-state index contributed by atoms with van der Waals surface area (Å²) < 4.78 is 15.9. The predicted octanol–water partition coefficient (Wildman–Crippen LogP) is 0.941. The highest BCUT2D eigenvalue weighted by molar-refractivity contribution is 5.34. The third-order valence-corrected chi connectivity index (χ3v) is 3.37. The normalized spacial score (nSPS) is 17.4. The summed E-state index contributed by atoms with van der Waals surface area (Å²) in [6, 6.07) is 2.07. The molecule has 1 atom stereocenters. The fraction of sp³-hybridized carbons (Fsp3) is 0.429. The highest BCUT2D eigenvalue weighted by Gasteiger charge is 2.26. The number of hydrogen-bond donors (Lipinski definition) is 0. The van der Waals surface area contributed by atoms with Gasteiger partial charge in [0.25, 0.3) is 0 Å². The molecule has 0 N–H and O–H groups in total. The molecule has 1 aliphatic heterocycles. The molecular weight excluding hydrogens is 286 g/mol. The highest BCUT2D eigenvalue weighted by atomic mass is 16.5. The lowest BCUT2D eigenvalue weighted by Crippen LogP contribution is -2.26. The van der Waals surface area contributed by atoms with Gasteiger partial charge in [0.2, 0.25) is 11.8 Å². The van der Waals surface area contributed by atoms with E-state index in [4.69, 9.17) is 14.2 Å². The molecule has 8 heteroatoms. The Morgan fingerprint density at radius 1 is 1.14 bits per heavy atom.